The molecule has 2 unspecified atom stereocenters. The Hall–Kier alpha value is -3.55. The Morgan fingerprint density at radius 2 is 1.84 bits per heavy atom. The Kier molecular flexibility index (Phi) is 5.78. The van der Waals surface area contributed by atoms with E-state index in [0.717, 1.165) is 5.56 Å². The van der Waals surface area contributed by atoms with Crippen molar-refractivity contribution in [1.29, 1.82) is 0 Å². The third kappa shape index (κ3) is 4.12. The molecule has 2 aromatic rings. The number of fused-ring (bicyclic) bond motifs is 1. The quantitative estimate of drug-likeness (QED) is 0.703. The fourth-order valence-electron chi connectivity index (χ4n) is 4.25. The van der Waals surface area contributed by atoms with Crippen LogP contribution in [0.1, 0.15) is 64.6 Å². The molecule has 2 atom stereocenters. The lowest BCUT2D eigenvalue weighted by atomic mass is 9.95. The van der Waals surface area contributed by atoms with Gasteiger partial charge in [-0.15, -0.1) is 0 Å². The molecule has 4 rings (SSSR count). The molecule has 0 bridgehead atoms. The van der Waals surface area contributed by atoms with Crippen molar-refractivity contribution in [3.63, 3.8) is 0 Å². The fraction of sp³-hybridized carbons (Fsp3) is 0.333. The second kappa shape index (κ2) is 8.53. The molecule has 2 aliphatic rings. The third-order valence-electron chi connectivity index (χ3n) is 5.97. The predicted molar refractivity (Wildman–Crippen MR) is 114 cm³/mol. The highest BCUT2D eigenvalue weighted by Crippen LogP contribution is 2.29. The molecule has 0 radical (unpaired) electrons. The summed E-state index contributed by atoms with van der Waals surface area (Å²) in [4.78, 5) is 50.8. The molecule has 7 nitrogen and oxygen atoms in total. The molecule has 0 spiro atoms. The van der Waals surface area contributed by atoms with E-state index in [9.17, 15) is 23.6 Å². The van der Waals surface area contributed by atoms with Crippen LogP contribution in [0.15, 0.2) is 42.5 Å². The van der Waals surface area contributed by atoms with E-state index >= 15 is 0 Å². The molecule has 2 heterocycles. The molecule has 0 aliphatic carbocycles. The van der Waals surface area contributed by atoms with Crippen molar-refractivity contribution in [3.8, 4) is 0 Å². The molecule has 8 heteroatoms. The first-order chi connectivity index (χ1) is 15.2. The molecule has 2 N–H and O–H groups in total. The van der Waals surface area contributed by atoms with Crippen molar-refractivity contribution in [2.75, 3.05) is 0 Å². The molecule has 166 valence electrons. The number of benzene rings is 2. The van der Waals surface area contributed by atoms with Crippen LogP contribution in [0.3, 0.4) is 0 Å². The summed E-state index contributed by atoms with van der Waals surface area (Å²) in [6.45, 7) is 4.13. The van der Waals surface area contributed by atoms with Gasteiger partial charge in [0.2, 0.25) is 11.8 Å². The van der Waals surface area contributed by atoms with Gasteiger partial charge in [-0.1, -0.05) is 26.0 Å². The minimum Gasteiger partial charge on any atom is -0.345 e. The van der Waals surface area contributed by atoms with Gasteiger partial charge in [-0.05, 0) is 53.8 Å². The Morgan fingerprint density at radius 3 is 2.50 bits per heavy atom. The van der Waals surface area contributed by atoms with Crippen LogP contribution in [-0.2, 0) is 16.1 Å². The monoisotopic (exact) mass is 437 g/mol. The van der Waals surface area contributed by atoms with Gasteiger partial charge in [0.1, 0.15) is 11.9 Å². The molecule has 0 aromatic heterocycles. The molecule has 2 aromatic carbocycles. The van der Waals surface area contributed by atoms with Crippen LogP contribution in [0.2, 0.25) is 0 Å². The number of carbonyl (C=O) groups is 4. The van der Waals surface area contributed by atoms with Gasteiger partial charge >= 0.3 is 0 Å². The average molecular weight is 437 g/mol. The minimum absolute atomic E-state index is 0.0726. The van der Waals surface area contributed by atoms with E-state index in [1.165, 1.54) is 17.0 Å². The zero-order chi connectivity index (χ0) is 23.0. The first-order valence-corrected chi connectivity index (χ1v) is 10.6. The number of halogens is 1. The summed E-state index contributed by atoms with van der Waals surface area (Å²) in [5.41, 5.74) is 2.31. The van der Waals surface area contributed by atoms with Crippen molar-refractivity contribution in [3.05, 3.63) is 70.5 Å². The van der Waals surface area contributed by atoms with E-state index in [1.807, 2.05) is 13.8 Å². The van der Waals surface area contributed by atoms with Crippen LogP contribution >= 0.6 is 0 Å². The zero-order valence-electron chi connectivity index (χ0n) is 17.9. The van der Waals surface area contributed by atoms with Crippen LogP contribution < -0.4 is 10.6 Å². The molecular weight excluding hydrogens is 413 g/mol. The standard InChI is InChI=1S/C24H24FN3O4/c1-13(2)21(14-3-6-17(25)7-4-14)27-22(30)15-5-8-18-16(11-15)12-28(24(18)32)19-9-10-20(29)26-23(19)31/h3-8,11,13,19,21H,9-10,12H2,1-2H3,(H,27,30)(H,26,29,31). The Balaban J connectivity index is 1.52. The van der Waals surface area contributed by atoms with Gasteiger partial charge in [0.25, 0.3) is 11.8 Å². The second-order valence-corrected chi connectivity index (χ2v) is 8.52. The summed E-state index contributed by atoms with van der Waals surface area (Å²) in [5, 5.41) is 5.27. The highest BCUT2D eigenvalue weighted by Gasteiger charge is 2.39. The van der Waals surface area contributed by atoms with Crippen molar-refractivity contribution >= 4 is 23.6 Å². The van der Waals surface area contributed by atoms with Crippen LogP contribution in [0.25, 0.3) is 0 Å². The largest absolute Gasteiger partial charge is 0.345 e. The van der Waals surface area contributed by atoms with Gasteiger partial charge in [-0.3, -0.25) is 24.5 Å². The first-order valence-electron chi connectivity index (χ1n) is 10.6. The number of nitrogens with zero attached hydrogens (tertiary/aromatic N) is 1. The summed E-state index contributed by atoms with van der Waals surface area (Å²) in [6, 6.07) is 9.87. The number of piperidine rings is 1. The first kappa shape index (κ1) is 21.7. The summed E-state index contributed by atoms with van der Waals surface area (Å²) in [5.74, 6) is -1.67. The number of amides is 4. The van der Waals surface area contributed by atoms with Crippen molar-refractivity contribution in [2.24, 2.45) is 5.92 Å². The third-order valence-corrected chi connectivity index (χ3v) is 5.97. The van der Waals surface area contributed by atoms with Crippen molar-refractivity contribution in [1.82, 2.24) is 15.5 Å². The van der Waals surface area contributed by atoms with E-state index in [-0.39, 0.29) is 54.9 Å². The van der Waals surface area contributed by atoms with Gasteiger partial charge in [0, 0.05) is 24.1 Å². The summed E-state index contributed by atoms with van der Waals surface area (Å²) in [7, 11) is 0. The zero-order valence-corrected chi connectivity index (χ0v) is 17.9. The summed E-state index contributed by atoms with van der Waals surface area (Å²) < 4.78 is 13.3. The van der Waals surface area contributed by atoms with E-state index in [2.05, 4.69) is 10.6 Å². The molecule has 0 saturated carbocycles. The lowest BCUT2D eigenvalue weighted by Gasteiger charge is -2.29. The topological polar surface area (TPSA) is 95.6 Å². The number of hydrogen-bond donors (Lipinski definition) is 2. The van der Waals surface area contributed by atoms with Gasteiger partial charge < -0.3 is 10.2 Å². The maximum Gasteiger partial charge on any atom is 0.255 e. The molecule has 1 fully saturated rings. The predicted octanol–water partition coefficient (Wildman–Crippen LogP) is 2.71. The summed E-state index contributed by atoms with van der Waals surface area (Å²) in [6.07, 6.45) is 0.468. The van der Waals surface area contributed by atoms with E-state index < -0.39 is 11.9 Å². The van der Waals surface area contributed by atoms with Crippen molar-refractivity contribution in [2.45, 2.75) is 45.3 Å². The Morgan fingerprint density at radius 1 is 1.12 bits per heavy atom. The molecular formula is C24H24FN3O4. The maximum absolute atomic E-state index is 13.3. The van der Waals surface area contributed by atoms with E-state index in [4.69, 9.17) is 0 Å². The van der Waals surface area contributed by atoms with Crippen LogP contribution in [-0.4, -0.2) is 34.6 Å². The second-order valence-electron chi connectivity index (χ2n) is 8.52. The Labute approximate surface area is 185 Å². The minimum atomic E-state index is -0.700. The molecule has 2 aliphatic heterocycles. The van der Waals surface area contributed by atoms with Gasteiger partial charge in [-0.2, -0.15) is 0 Å². The number of rotatable bonds is 5. The molecule has 32 heavy (non-hydrogen) atoms. The molecule has 4 amide bonds. The number of imide groups is 1. The smallest absolute Gasteiger partial charge is 0.255 e. The van der Waals surface area contributed by atoms with Crippen LogP contribution in [0, 0.1) is 11.7 Å². The summed E-state index contributed by atoms with van der Waals surface area (Å²) >= 11 is 0. The maximum atomic E-state index is 13.3. The highest BCUT2D eigenvalue weighted by molar-refractivity contribution is 6.06. The van der Waals surface area contributed by atoms with Crippen LogP contribution in [0.5, 0.6) is 0 Å². The SMILES string of the molecule is CC(C)C(NC(=O)c1ccc2c(c1)CN(C1CCC(=O)NC1=O)C2=O)c1ccc(F)cc1. The van der Waals surface area contributed by atoms with Crippen LogP contribution in [0.4, 0.5) is 4.39 Å². The van der Waals surface area contributed by atoms with Crippen molar-refractivity contribution < 1.29 is 23.6 Å². The Bertz CT molecular complexity index is 1100. The number of hydrogen-bond acceptors (Lipinski definition) is 4. The van der Waals surface area contributed by atoms with Gasteiger partial charge in [-0.25, -0.2) is 4.39 Å². The average Bonchev–Trinajstić information content (AvgIpc) is 3.08. The molecule has 1 saturated heterocycles. The normalized spacial score (nSPS) is 19.1. The van der Waals surface area contributed by atoms with E-state index in [1.54, 1.807) is 30.3 Å². The van der Waals surface area contributed by atoms with Gasteiger partial charge in [0.05, 0.1) is 6.04 Å². The number of nitrogens with one attached hydrogen (secondary N) is 2. The van der Waals surface area contributed by atoms with Gasteiger partial charge in [0.15, 0.2) is 0 Å². The highest BCUT2D eigenvalue weighted by atomic mass is 19.1. The fourth-order valence-corrected chi connectivity index (χ4v) is 4.25. The lowest BCUT2D eigenvalue weighted by molar-refractivity contribution is -0.136. The van der Waals surface area contributed by atoms with E-state index in [0.29, 0.717) is 16.7 Å². The lowest BCUT2D eigenvalue weighted by Crippen LogP contribution is -2.52. The number of carbonyl (C=O) groups excluding carboxylic acids is 4.